The maximum absolute atomic E-state index is 11.1. The van der Waals surface area contributed by atoms with Crippen molar-refractivity contribution in [2.24, 2.45) is 5.41 Å². The van der Waals surface area contributed by atoms with E-state index in [1.165, 1.54) is 0 Å². The van der Waals surface area contributed by atoms with E-state index in [0.717, 1.165) is 11.8 Å². The van der Waals surface area contributed by atoms with Crippen LogP contribution in [0.4, 0.5) is 0 Å². The Morgan fingerprint density at radius 3 is 2.76 bits per heavy atom. The molecule has 5 nitrogen and oxygen atoms in total. The molecule has 0 fully saturated rings. The molecule has 0 aliphatic rings. The van der Waals surface area contributed by atoms with E-state index < -0.39 is 5.97 Å². The van der Waals surface area contributed by atoms with Crippen molar-refractivity contribution in [1.29, 1.82) is 0 Å². The molecule has 0 aliphatic heterocycles. The van der Waals surface area contributed by atoms with Gasteiger partial charge in [0, 0.05) is 12.0 Å². The summed E-state index contributed by atoms with van der Waals surface area (Å²) in [5, 5.41) is 0. The van der Waals surface area contributed by atoms with Crippen LogP contribution in [0.5, 0.6) is 0 Å². The molecule has 0 amide bonds. The molecule has 0 saturated heterocycles. The van der Waals surface area contributed by atoms with Crippen molar-refractivity contribution < 1.29 is 19.1 Å². The molecule has 112 valence electrons. The Morgan fingerprint density at radius 2 is 2.14 bits per heavy atom. The van der Waals surface area contributed by atoms with Gasteiger partial charge in [-0.1, -0.05) is 43.3 Å². The Bertz CT molecular complexity index is 510. The van der Waals surface area contributed by atoms with Crippen molar-refractivity contribution in [1.82, 2.24) is 0 Å². The zero-order valence-electron chi connectivity index (χ0n) is 12.2. The highest BCUT2D eigenvalue weighted by Gasteiger charge is 2.22. The lowest BCUT2D eigenvalue weighted by atomic mass is 9.88. The number of benzene rings is 1. The van der Waals surface area contributed by atoms with E-state index in [0.29, 0.717) is 19.6 Å². The zero-order valence-corrected chi connectivity index (χ0v) is 12.2. The van der Waals surface area contributed by atoms with Crippen LogP contribution in [0.25, 0.3) is 5.53 Å². The van der Waals surface area contributed by atoms with E-state index >= 15 is 0 Å². The van der Waals surface area contributed by atoms with Crippen molar-refractivity contribution >= 4 is 12.2 Å². The van der Waals surface area contributed by atoms with E-state index in [-0.39, 0.29) is 12.0 Å². The Labute approximate surface area is 124 Å². The molecule has 0 aliphatic carbocycles. The minimum atomic E-state index is -0.684. The second-order valence-corrected chi connectivity index (χ2v) is 5.00. The first-order valence-corrected chi connectivity index (χ1v) is 6.69. The molecule has 0 spiro atoms. The van der Waals surface area contributed by atoms with E-state index in [1.54, 1.807) is 6.08 Å². The van der Waals surface area contributed by atoms with Crippen molar-refractivity contribution in [3.8, 4) is 0 Å². The summed E-state index contributed by atoms with van der Waals surface area (Å²) in [6.07, 6.45) is 3.13. The monoisotopic (exact) mass is 288 g/mol. The first kappa shape index (κ1) is 16.8. The fraction of sp³-hybridized carbons (Fsp3) is 0.375. The molecule has 1 aromatic rings. The summed E-state index contributed by atoms with van der Waals surface area (Å²) in [6.45, 7) is 6.93. The Balaban J connectivity index is 2.33. The van der Waals surface area contributed by atoms with Crippen LogP contribution in [0, 0.1) is 5.41 Å². The van der Waals surface area contributed by atoms with E-state index in [1.807, 2.05) is 37.3 Å². The smallest absolute Gasteiger partial charge is 0.413 e. The number of esters is 1. The average molecular weight is 288 g/mol. The predicted molar refractivity (Wildman–Crippen MR) is 79.7 cm³/mol. The van der Waals surface area contributed by atoms with Gasteiger partial charge in [-0.15, -0.1) is 6.58 Å². The Hall–Kier alpha value is -2.23. The van der Waals surface area contributed by atoms with Gasteiger partial charge in [-0.25, -0.2) is 4.79 Å². The van der Waals surface area contributed by atoms with Crippen molar-refractivity contribution in [3.05, 3.63) is 54.1 Å². The lowest BCUT2D eigenvalue weighted by Crippen LogP contribution is -2.25. The number of nitrogens with zero attached hydrogens (tertiary/aromatic N) is 2. The van der Waals surface area contributed by atoms with Gasteiger partial charge in [-0.05, 0) is 12.0 Å². The standard InChI is InChI=1S/C16H20N2O3/c1-3-16(2,13-21-15(19)11-18-17)9-10-20-12-14-7-5-4-6-8-14/h3-8,11H,1,9-10,12-13H2,2H3/t16-/m1/s1. The summed E-state index contributed by atoms with van der Waals surface area (Å²) >= 11 is 0. The van der Waals surface area contributed by atoms with Crippen LogP contribution in [0.1, 0.15) is 18.9 Å². The molecular formula is C16H20N2O3. The first-order chi connectivity index (χ1) is 10.1. The molecule has 0 saturated carbocycles. The maximum atomic E-state index is 11.1. The second kappa shape index (κ2) is 8.84. The number of hydrogen-bond donors (Lipinski definition) is 0. The van der Waals surface area contributed by atoms with Gasteiger partial charge in [0.15, 0.2) is 0 Å². The predicted octanol–water partition coefficient (Wildman–Crippen LogP) is 2.63. The molecule has 1 rings (SSSR count). The Kier molecular flexibility index (Phi) is 7.09. The van der Waals surface area contributed by atoms with Crippen molar-refractivity contribution in [3.63, 3.8) is 0 Å². The molecule has 1 aromatic carbocycles. The van der Waals surface area contributed by atoms with Crippen LogP contribution in [0.2, 0.25) is 0 Å². The summed E-state index contributed by atoms with van der Waals surface area (Å²) in [5.41, 5.74) is 8.97. The fourth-order valence-corrected chi connectivity index (χ4v) is 1.62. The molecule has 1 atom stereocenters. The lowest BCUT2D eigenvalue weighted by molar-refractivity contribution is -0.141. The van der Waals surface area contributed by atoms with Gasteiger partial charge in [0.05, 0.1) is 6.61 Å². The van der Waals surface area contributed by atoms with Crippen LogP contribution in [-0.2, 0) is 20.9 Å². The van der Waals surface area contributed by atoms with Crippen LogP contribution in [0.3, 0.4) is 0 Å². The molecule has 0 N–H and O–H groups in total. The SMILES string of the molecule is C=C[C@](C)(CCOCc1ccccc1)COC(=O)C=[N+]=[N-]. The third-order valence-corrected chi connectivity index (χ3v) is 3.13. The minimum absolute atomic E-state index is 0.163. The summed E-state index contributed by atoms with van der Waals surface area (Å²) in [5.74, 6) is -0.684. The van der Waals surface area contributed by atoms with E-state index in [9.17, 15) is 4.79 Å². The Morgan fingerprint density at radius 1 is 1.43 bits per heavy atom. The highest BCUT2D eigenvalue weighted by atomic mass is 16.5. The molecule has 0 heterocycles. The van der Waals surface area contributed by atoms with Gasteiger partial charge in [-0.3, -0.25) is 0 Å². The molecule has 0 unspecified atom stereocenters. The van der Waals surface area contributed by atoms with Crippen LogP contribution in [0.15, 0.2) is 43.0 Å². The summed E-state index contributed by atoms with van der Waals surface area (Å²) in [7, 11) is 0. The van der Waals surface area contributed by atoms with Gasteiger partial charge in [0.1, 0.15) is 6.61 Å². The highest BCUT2D eigenvalue weighted by molar-refractivity contribution is 6.20. The van der Waals surface area contributed by atoms with Crippen molar-refractivity contribution in [2.45, 2.75) is 20.0 Å². The third-order valence-electron chi connectivity index (χ3n) is 3.13. The van der Waals surface area contributed by atoms with E-state index in [2.05, 4.69) is 11.4 Å². The summed E-state index contributed by atoms with van der Waals surface area (Å²) in [4.78, 5) is 13.7. The lowest BCUT2D eigenvalue weighted by Gasteiger charge is -2.24. The second-order valence-electron chi connectivity index (χ2n) is 5.00. The molecule has 21 heavy (non-hydrogen) atoms. The normalized spacial score (nSPS) is 12.8. The first-order valence-electron chi connectivity index (χ1n) is 6.69. The quantitative estimate of drug-likeness (QED) is 0.175. The number of rotatable bonds is 9. The number of carbonyl (C=O) groups excluding carboxylic acids is 1. The zero-order chi connectivity index (χ0) is 15.6. The summed E-state index contributed by atoms with van der Waals surface area (Å²) < 4.78 is 10.6. The van der Waals surface area contributed by atoms with Gasteiger partial charge in [-0.2, -0.15) is 4.79 Å². The van der Waals surface area contributed by atoms with Gasteiger partial charge in [0.2, 0.25) is 0 Å². The highest BCUT2D eigenvalue weighted by Crippen LogP contribution is 2.23. The van der Waals surface area contributed by atoms with Crippen LogP contribution in [-0.4, -0.2) is 30.2 Å². The average Bonchev–Trinajstić information content (AvgIpc) is 2.51. The molecular weight excluding hydrogens is 268 g/mol. The third kappa shape index (κ3) is 6.65. The molecule has 0 aromatic heterocycles. The van der Waals surface area contributed by atoms with Gasteiger partial charge >= 0.3 is 12.2 Å². The molecule has 5 heteroatoms. The van der Waals surface area contributed by atoms with Crippen LogP contribution < -0.4 is 0 Å². The maximum Gasteiger partial charge on any atom is 0.413 e. The van der Waals surface area contributed by atoms with E-state index in [4.69, 9.17) is 15.0 Å². The minimum Gasteiger partial charge on any atom is -0.456 e. The molecule has 0 radical (unpaired) electrons. The number of hydrogen-bond acceptors (Lipinski definition) is 3. The van der Waals surface area contributed by atoms with Gasteiger partial charge < -0.3 is 15.0 Å². The summed E-state index contributed by atoms with van der Waals surface area (Å²) in [6, 6.07) is 9.90. The van der Waals surface area contributed by atoms with Crippen LogP contribution >= 0.6 is 0 Å². The fourth-order valence-electron chi connectivity index (χ4n) is 1.62. The topological polar surface area (TPSA) is 71.9 Å². The van der Waals surface area contributed by atoms with Crippen molar-refractivity contribution in [2.75, 3.05) is 13.2 Å². The largest absolute Gasteiger partial charge is 0.456 e. The number of ether oxygens (including phenoxy) is 2. The molecule has 0 bridgehead atoms. The number of carbonyl (C=O) groups is 1. The van der Waals surface area contributed by atoms with Gasteiger partial charge in [0.25, 0.3) is 0 Å².